The molecule has 1 aromatic heterocycles. The number of aromatic nitrogens is 2. The third-order valence-corrected chi connectivity index (χ3v) is 2.83. The van der Waals surface area contributed by atoms with Crippen molar-refractivity contribution in [3.63, 3.8) is 0 Å². The van der Waals surface area contributed by atoms with Gasteiger partial charge in [-0.25, -0.2) is 9.97 Å². The Balaban J connectivity index is 2.54. The summed E-state index contributed by atoms with van der Waals surface area (Å²) in [6.45, 7) is 1.46. The summed E-state index contributed by atoms with van der Waals surface area (Å²) < 4.78 is 0. The summed E-state index contributed by atoms with van der Waals surface area (Å²) in [5.41, 5.74) is 7.68. The summed E-state index contributed by atoms with van der Waals surface area (Å²) in [5, 5.41) is 18.6. The number of carbonyl (C=O) groups is 1. The molecule has 0 unspecified atom stereocenters. The molecule has 0 bridgehead atoms. The largest absolute Gasteiger partial charge is 0.393 e. The molecule has 0 saturated heterocycles. The lowest BCUT2D eigenvalue weighted by atomic mass is 10.1. The Morgan fingerprint density at radius 2 is 1.95 bits per heavy atom. The van der Waals surface area contributed by atoms with Crippen molar-refractivity contribution in [2.45, 2.75) is 13.0 Å². The molecule has 0 aliphatic carbocycles. The lowest BCUT2D eigenvalue weighted by Gasteiger charge is -2.10. The van der Waals surface area contributed by atoms with Crippen LogP contribution < -0.4 is 5.73 Å². The number of hydrogen-bond acceptors (Lipinski definition) is 5. The van der Waals surface area contributed by atoms with Crippen molar-refractivity contribution in [3.05, 3.63) is 47.4 Å². The van der Waals surface area contributed by atoms with Crippen molar-refractivity contribution in [3.8, 4) is 11.3 Å². The Bertz CT molecular complexity index is 626. The van der Waals surface area contributed by atoms with Crippen LogP contribution in [-0.4, -0.2) is 32.7 Å². The smallest absolute Gasteiger partial charge is 0.286 e. The van der Waals surface area contributed by atoms with Gasteiger partial charge in [0.25, 0.3) is 5.91 Å². The van der Waals surface area contributed by atoms with E-state index in [1.165, 1.54) is 6.07 Å². The number of rotatable bonds is 4. The Kier molecular flexibility index (Phi) is 4.07. The van der Waals surface area contributed by atoms with Gasteiger partial charge in [0.05, 0.1) is 18.0 Å². The number of hydrogen-bond donors (Lipinski definition) is 3. The van der Waals surface area contributed by atoms with Gasteiger partial charge in [-0.15, -0.1) is 0 Å². The molecule has 104 valence electrons. The fraction of sp³-hybridized carbons (Fsp3) is 0.214. The van der Waals surface area contributed by atoms with Crippen molar-refractivity contribution < 1.29 is 15.0 Å². The molecule has 0 saturated carbocycles. The zero-order chi connectivity index (χ0) is 14.7. The molecule has 0 aliphatic rings. The molecule has 1 atom stereocenters. The fourth-order valence-electron chi connectivity index (χ4n) is 1.71. The highest BCUT2D eigenvalue weighted by molar-refractivity contribution is 5.89. The highest BCUT2D eigenvalue weighted by atomic mass is 16.3. The Hall–Kier alpha value is -2.31. The molecule has 1 heterocycles. The first-order chi connectivity index (χ1) is 9.51. The van der Waals surface area contributed by atoms with Gasteiger partial charge in [0.1, 0.15) is 6.10 Å². The van der Waals surface area contributed by atoms with Gasteiger partial charge >= 0.3 is 0 Å². The van der Waals surface area contributed by atoms with Crippen LogP contribution in [0.15, 0.2) is 30.3 Å². The Morgan fingerprint density at radius 3 is 2.50 bits per heavy atom. The number of aryl methyl sites for hydroxylation is 1. The standard InChI is InChI=1S/C14H15N3O3/c1-8-2-4-9(5-3-8)10-6-11(12(19)7-18)17-14(16-10)13(15)20/h2-6,12,18-19H,7H2,1H3,(H2,15,20)/t12-/m1/s1. The van der Waals surface area contributed by atoms with Crippen LogP contribution in [-0.2, 0) is 0 Å². The molecule has 1 aromatic carbocycles. The molecule has 6 heteroatoms. The van der Waals surface area contributed by atoms with Gasteiger partial charge in [-0.2, -0.15) is 0 Å². The highest BCUT2D eigenvalue weighted by Gasteiger charge is 2.15. The quantitative estimate of drug-likeness (QED) is 0.754. The monoisotopic (exact) mass is 273 g/mol. The summed E-state index contributed by atoms with van der Waals surface area (Å²) in [6.07, 6.45) is -1.18. The topological polar surface area (TPSA) is 109 Å². The Labute approximate surface area is 115 Å². The molecular formula is C14H15N3O3. The number of amides is 1. The fourth-order valence-corrected chi connectivity index (χ4v) is 1.71. The minimum atomic E-state index is -1.18. The van der Waals surface area contributed by atoms with E-state index < -0.39 is 18.6 Å². The average molecular weight is 273 g/mol. The van der Waals surface area contributed by atoms with E-state index >= 15 is 0 Å². The lowest BCUT2D eigenvalue weighted by Crippen LogP contribution is -2.18. The van der Waals surface area contributed by atoms with Crippen LogP contribution in [0.5, 0.6) is 0 Å². The SMILES string of the molecule is Cc1ccc(-c2cc([C@H](O)CO)nc(C(N)=O)n2)cc1. The molecule has 4 N–H and O–H groups in total. The molecule has 2 aromatic rings. The molecule has 6 nitrogen and oxygen atoms in total. The summed E-state index contributed by atoms with van der Waals surface area (Å²) in [5.74, 6) is -0.976. The van der Waals surface area contributed by atoms with Gasteiger partial charge in [-0.05, 0) is 13.0 Å². The molecular weight excluding hydrogens is 258 g/mol. The highest BCUT2D eigenvalue weighted by Crippen LogP contribution is 2.21. The van der Waals surface area contributed by atoms with Crippen molar-refractivity contribution >= 4 is 5.91 Å². The zero-order valence-corrected chi connectivity index (χ0v) is 10.9. The van der Waals surface area contributed by atoms with Gasteiger partial charge in [-0.1, -0.05) is 29.8 Å². The van der Waals surface area contributed by atoms with Crippen LogP contribution in [0.4, 0.5) is 0 Å². The number of benzene rings is 1. The molecule has 0 aliphatic heterocycles. The van der Waals surface area contributed by atoms with Crippen molar-refractivity contribution in [1.82, 2.24) is 9.97 Å². The summed E-state index contributed by atoms with van der Waals surface area (Å²) in [6, 6.07) is 9.03. The van der Waals surface area contributed by atoms with Gasteiger partial charge in [0, 0.05) is 5.56 Å². The van der Waals surface area contributed by atoms with E-state index in [1.54, 1.807) is 0 Å². The third kappa shape index (κ3) is 2.98. The van der Waals surface area contributed by atoms with Crippen LogP contribution >= 0.6 is 0 Å². The third-order valence-electron chi connectivity index (χ3n) is 2.83. The normalized spacial score (nSPS) is 12.2. The van der Waals surface area contributed by atoms with Crippen LogP contribution in [0.25, 0.3) is 11.3 Å². The van der Waals surface area contributed by atoms with Crippen LogP contribution in [0.1, 0.15) is 28.0 Å². The van der Waals surface area contributed by atoms with Gasteiger partial charge < -0.3 is 15.9 Å². The second kappa shape index (κ2) is 5.77. The van der Waals surface area contributed by atoms with E-state index in [9.17, 15) is 9.90 Å². The second-order valence-corrected chi connectivity index (χ2v) is 4.43. The van der Waals surface area contributed by atoms with E-state index in [4.69, 9.17) is 10.8 Å². The van der Waals surface area contributed by atoms with E-state index in [0.717, 1.165) is 11.1 Å². The number of primary amides is 1. The number of carbonyl (C=O) groups excluding carboxylic acids is 1. The number of nitrogens with zero attached hydrogens (tertiary/aromatic N) is 2. The van der Waals surface area contributed by atoms with Crippen molar-refractivity contribution in [2.75, 3.05) is 6.61 Å². The van der Waals surface area contributed by atoms with Crippen LogP contribution in [0, 0.1) is 6.92 Å². The first-order valence-corrected chi connectivity index (χ1v) is 6.06. The van der Waals surface area contributed by atoms with Crippen LogP contribution in [0.3, 0.4) is 0 Å². The van der Waals surface area contributed by atoms with Gasteiger partial charge in [0.2, 0.25) is 5.82 Å². The summed E-state index contributed by atoms with van der Waals surface area (Å²) in [4.78, 5) is 19.2. The maximum atomic E-state index is 11.3. The number of nitrogens with two attached hydrogens (primary N) is 1. The van der Waals surface area contributed by atoms with Gasteiger partial charge in [0.15, 0.2) is 0 Å². The average Bonchev–Trinajstić information content (AvgIpc) is 2.46. The minimum Gasteiger partial charge on any atom is -0.393 e. The number of aliphatic hydroxyl groups is 2. The molecule has 20 heavy (non-hydrogen) atoms. The first kappa shape index (κ1) is 14.1. The Morgan fingerprint density at radius 1 is 1.30 bits per heavy atom. The van der Waals surface area contributed by atoms with Crippen molar-refractivity contribution in [1.29, 1.82) is 0 Å². The molecule has 0 radical (unpaired) electrons. The number of aliphatic hydroxyl groups excluding tert-OH is 2. The molecule has 0 fully saturated rings. The van der Waals surface area contributed by atoms with E-state index in [0.29, 0.717) is 5.69 Å². The molecule has 1 amide bonds. The summed E-state index contributed by atoms with van der Waals surface area (Å²) >= 11 is 0. The predicted molar refractivity (Wildman–Crippen MR) is 72.8 cm³/mol. The van der Waals surface area contributed by atoms with E-state index in [-0.39, 0.29) is 11.5 Å². The maximum absolute atomic E-state index is 11.3. The molecule has 2 rings (SSSR count). The van der Waals surface area contributed by atoms with Crippen molar-refractivity contribution in [2.24, 2.45) is 5.73 Å². The first-order valence-electron chi connectivity index (χ1n) is 6.06. The second-order valence-electron chi connectivity index (χ2n) is 4.43. The van der Waals surface area contributed by atoms with Gasteiger partial charge in [-0.3, -0.25) is 4.79 Å². The summed E-state index contributed by atoms with van der Waals surface area (Å²) in [7, 11) is 0. The molecule has 0 spiro atoms. The predicted octanol–water partition coefficient (Wildman–Crippen LogP) is 0.577. The minimum absolute atomic E-state index is 0.159. The lowest BCUT2D eigenvalue weighted by molar-refractivity contribution is 0.0909. The van der Waals surface area contributed by atoms with E-state index in [1.807, 2.05) is 31.2 Å². The van der Waals surface area contributed by atoms with Crippen LogP contribution in [0.2, 0.25) is 0 Å². The maximum Gasteiger partial charge on any atom is 0.286 e. The van der Waals surface area contributed by atoms with E-state index in [2.05, 4.69) is 9.97 Å². The zero-order valence-electron chi connectivity index (χ0n) is 10.9.